The summed E-state index contributed by atoms with van der Waals surface area (Å²) < 4.78 is 43.5. The van der Waals surface area contributed by atoms with E-state index in [0.717, 1.165) is 17.7 Å². The molecule has 1 aromatic carbocycles. The number of hydrogen-bond donors (Lipinski definition) is 0. The van der Waals surface area contributed by atoms with E-state index >= 15 is 0 Å². The van der Waals surface area contributed by atoms with Gasteiger partial charge in [0, 0.05) is 12.7 Å². The maximum Gasteiger partial charge on any atom is 0.416 e. The van der Waals surface area contributed by atoms with Crippen molar-refractivity contribution in [1.29, 1.82) is 0 Å². The van der Waals surface area contributed by atoms with Crippen LogP contribution in [-0.2, 0) is 17.3 Å². The molecule has 1 aliphatic rings. The van der Waals surface area contributed by atoms with E-state index < -0.39 is 23.9 Å². The van der Waals surface area contributed by atoms with Crippen LogP contribution in [0.3, 0.4) is 0 Å². The summed E-state index contributed by atoms with van der Waals surface area (Å²) in [7, 11) is 0. The highest BCUT2D eigenvalue weighted by Gasteiger charge is 2.35. The molecular formula is C18H17F3N2O2. The Labute approximate surface area is 143 Å². The van der Waals surface area contributed by atoms with E-state index in [1.54, 1.807) is 13.1 Å². The number of amides is 1. The molecule has 1 aromatic heterocycles. The number of benzene rings is 1. The van der Waals surface area contributed by atoms with Crippen LogP contribution in [0.15, 0.2) is 42.6 Å². The number of rotatable bonds is 2. The lowest BCUT2D eigenvalue weighted by Crippen LogP contribution is -2.41. The van der Waals surface area contributed by atoms with Gasteiger partial charge >= 0.3 is 12.3 Å². The predicted molar refractivity (Wildman–Crippen MR) is 85.0 cm³/mol. The van der Waals surface area contributed by atoms with E-state index in [4.69, 9.17) is 4.74 Å². The lowest BCUT2D eigenvalue weighted by Gasteiger charge is -2.36. The van der Waals surface area contributed by atoms with Crippen LogP contribution in [0.4, 0.5) is 18.0 Å². The maximum absolute atomic E-state index is 12.8. The van der Waals surface area contributed by atoms with E-state index in [1.807, 2.05) is 12.1 Å². The fourth-order valence-electron chi connectivity index (χ4n) is 3.02. The molecule has 132 valence electrons. The minimum atomic E-state index is -4.40. The largest absolute Gasteiger partial charge is 0.450 e. The van der Waals surface area contributed by atoms with Crippen LogP contribution in [0.25, 0.3) is 0 Å². The quantitative estimate of drug-likeness (QED) is 0.815. The average Bonchev–Trinajstić information content (AvgIpc) is 2.60. The minimum absolute atomic E-state index is 0.226. The molecule has 0 radical (unpaired) electrons. The molecule has 0 N–H and O–H groups in total. The summed E-state index contributed by atoms with van der Waals surface area (Å²) in [4.78, 5) is 18.2. The summed E-state index contributed by atoms with van der Waals surface area (Å²) in [5, 5.41) is 0. The fourth-order valence-corrected chi connectivity index (χ4v) is 3.02. The van der Waals surface area contributed by atoms with Gasteiger partial charge in [0.05, 0.1) is 17.9 Å². The fraction of sp³-hybridized carbons (Fsp3) is 0.333. The number of halogens is 3. The molecule has 0 saturated heterocycles. The topological polar surface area (TPSA) is 42.4 Å². The summed E-state index contributed by atoms with van der Waals surface area (Å²) in [5.41, 5.74) is 1.49. The Balaban J connectivity index is 2.03. The van der Waals surface area contributed by atoms with E-state index in [0.29, 0.717) is 24.2 Å². The normalized spacial score (nSPS) is 17.1. The molecule has 1 unspecified atom stereocenters. The highest BCUT2D eigenvalue weighted by atomic mass is 19.4. The van der Waals surface area contributed by atoms with Gasteiger partial charge < -0.3 is 4.74 Å². The monoisotopic (exact) mass is 350 g/mol. The Morgan fingerprint density at radius 3 is 2.64 bits per heavy atom. The number of aromatic nitrogens is 1. The average molecular weight is 350 g/mol. The number of alkyl halides is 3. The molecule has 2 aromatic rings. The van der Waals surface area contributed by atoms with Crippen LogP contribution in [0, 0.1) is 0 Å². The summed E-state index contributed by atoms with van der Waals surface area (Å²) in [5.74, 6) is 0. The van der Waals surface area contributed by atoms with Crippen molar-refractivity contribution in [2.45, 2.75) is 25.6 Å². The third kappa shape index (κ3) is 3.45. The molecule has 1 atom stereocenters. The van der Waals surface area contributed by atoms with Gasteiger partial charge in [-0.05, 0) is 42.7 Å². The zero-order valence-electron chi connectivity index (χ0n) is 13.6. The smallest absolute Gasteiger partial charge is 0.416 e. The molecule has 1 aliphatic heterocycles. The summed E-state index contributed by atoms with van der Waals surface area (Å²) >= 11 is 0. The first-order valence-corrected chi connectivity index (χ1v) is 7.96. The van der Waals surface area contributed by atoms with Crippen molar-refractivity contribution < 1.29 is 22.7 Å². The van der Waals surface area contributed by atoms with Crippen molar-refractivity contribution >= 4 is 6.09 Å². The van der Waals surface area contributed by atoms with Crippen molar-refractivity contribution in [3.63, 3.8) is 0 Å². The van der Waals surface area contributed by atoms with E-state index in [2.05, 4.69) is 4.98 Å². The second-order valence-corrected chi connectivity index (χ2v) is 5.71. The maximum atomic E-state index is 12.8. The second-order valence-electron chi connectivity index (χ2n) is 5.71. The molecule has 2 heterocycles. The molecule has 25 heavy (non-hydrogen) atoms. The summed E-state index contributed by atoms with van der Waals surface area (Å²) in [6, 6.07) is 8.00. The van der Waals surface area contributed by atoms with Crippen LogP contribution in [0.1, 0.15) is 35.3 Å². The van der Waals surface area contributed by atoms with Gasteiger partial charge in [-0.1, -0.05) is 18.2 Å². The summed E-state index contributed by atoms with van der Waals surface area (Å²) in [6.07, 6.45) is -2.66. The zero-order chi connectivity index (χ0) is 18.0. The van der Waals surface area contributed by atoms with Crippen molar-refractivity contribution in [3.8, 4) is 0 Å². The van der Waals surface area contributed by atoms with Crippen LogP contribution in [0.2, 0.25) is 0 Å². The molecule has 0 bridgehead atoms. The number of carbonyl (C=O) groups is 1. The molecule has 0 fully saturated rings. The first-order valence-electron chi connectivity index (χ1n) is 7.96. The van der Waals surface area contributed by atoms with Gasteiger partial charge in [-0.2, -0.15) is 13.2 Å². The van der Waals surface area contributed by atoms with E-state index in [-0.39, 0.29) is 6.61 Å². The number of nitrogens with zero attached hydrogens (tertiary/aromatic N) is 2. The molecule has 4 nitrogen and oxygen atoms in total. The molecule has 1 amide bonds. The number of carbonyl (C=O) groups excluding carboxylic acids is 1. The first kappa shape index (κ1) is 17.3. The van der Waals surface area contributed by atoms with Crippen molar-refractivity contribution in [2.24, 2.45) is 0 Å². The third-order valence-corrected chi connectivity index (χ3v) is 4.17. The van der Waals surface area contributed by atoms with Crippen LogP contribution in [-0.4, -0.2) is 29.1 Å². The van der Waals surface area contributed by atoms with Gasteiger partial charge in [-0.15, -0.1) is 0 Å². The highest BCUT2D eigenvalue weighted by molar-refractivity contribution is 5.69. The van der Waals surface area contributed by atoms with Gasteiger partial charge in [0.1, 0.15) is 6.04 Å². The van der Waals surface area contributed by atoms with Crippen molar-refractivity contribution in [1.82, 2.24) is 9.88 Å². The van der Waals surface area contributed by atoms with Gasteiger partial charge in [-0.3, -0.25) is 9.88 Å². The number of ether oxygens (including phenoxy) is 1. The molecule has 7 heteroatoms. The van der Waals surface area contributed by atoms with Gasteiger partial charge in [0.25, 0.3) is 0 Å². The molecule has 0 aliphatic carbocycles. The lowest BCUT2D eigenvalue weighted by atomic mass is 9.92. The SMILES string of the molecule is CCOC(=O)N1CCc2cccnc2C1c1ccc(C(F)(F)F)cc1. The van der Waals surface area contributed by atoms with E-state index in [9.17, 15) is 18.0 Å². The van der Waals surface area contributed by atoms with Gasteiger partial charge in [0.15, 0.2) is 0 Å². The zero-order valence-corrected chi connectivity index (χ0v) is 13.6. The van der Waals surface area contributed by atoms with Gasteiger partial charge in [0.2, 0.25) is 0 Å². The third-order valence-electron chi connectivity index (χ3n) is 4.17. The second kappa shape index (κ2) is 6.74. The number of fused-ring (bicyclic) bond motifs is 1. The van der Waals surface area contributed by atoms with E-state index in [1.165, 1.54) is 17.0 Å². The summed E-state index contributed by atoms with van der Waals surface area (Å²) in [6.45, 7) is 2.36. The highest BCUT2D eigenvalue weighted by Crippen LogP contribution is 2.36. The van der Waals surface area contributed by atoms with Crippen molar-refractivity contribution in [3.05, 3.63) is 65.0 Å². The Morgan fingerprint density at radius 2 is 2.00 bits per heavy atom. The Morgan fingerprint density at radius 1 is 1.28 bits per heavy atom. The minimum Gasteiger partial charge on any atom is -0.450 e. The first-order chi connectivity index (χ1) is 11.9. The lowest BCUT2D eigenvalue weighted by molar-refractivity contribution is -0.137. The van der Waals surface area contributed by atoms with Crippen molar-refractivity contribution in [2.75, 3.05) is 13.2 Å². The molecule has 0 saturated carbocycles. The molecule has 0 spiro atoms. The Bertz CT molecular complexity index is 760. The van der Waals surface area contributed by atoms with Crippen LogP contribution < -0.4 is 0 Å². The van der Waals surface area contributed by atoms with Crippen LogP contribution in [0.5, 0.6) is 0 Å². The predicted octanol–water partition coefficient (Wildman–Crippen LogP) is 4.20. The molecule has 3 rings (SSSR count). The standard InChI is InChI=1S/C18H17F3N2O2/c1-2-25-17(24)23-11-9-12-4-3-10-22-15(12)16(23)13-5-7-14(8-6-13)18(19,20)21/h3-8,10,16H,2,9,11H2,1H3. The molecular weight excluding hydrogens is 333 g/mol. The van der Waals surface area contributed by atoms with Crippen LogP contribution >= 0.6 is 0 Å². The Hall–Kier alpha value is -2.57. The van der Waals surface area contributed by atoms with Gasteiger partial charge in [-0.25, -0.2) is 4.79 Å². The Kier molecular flexibility index (Phi) is 4.65. The number of hydrogen-bond acceptors (Lipinski definition) is 3. The number of pyridine rings is 1.